The number of pyridine rings is 1. The molecule has 1 atom stereocenters. The number of rotatable bonds is 4. The first-order valence-corrected chi connectivity index (χ1v) is 10.3. The molecule has 4 rings (SSSR count). The molecule has 0 bridgehead atoms. The zero-order valence-electron chi connectivity index (χ0n) is 16.5. The molecule has 1 aliphatic heterocycles. The number of aryl methyl sites for hydroxylation is 1. The first-order valence-electron chi connectivity index (χ1n) is 10.3. The number of amides is 1. The summed E-state index contributed by atoms with van der Waals surface area (Å²) in [5.74, 6) is 0.310. The van der Waals surface area contributed by atoms with Crippen molar-refractivity contribution in [1.82, 2.24) is 19.9 Å². The summed E-state index contributed by atoms with van der Waals surface area (Å²) in [5, 5.41) is 10.7. The van der Waals surface area contributed by atoms with Gasteiger partial charge >= 0.3 is 0 Å². The van der Waals surface area contributed by atoms with E-state index in [1.165, 1.54) is 6.33 Å². The Balaban J connectivity index is 1.45. The monoisotopic (exact) mass is 380 g/mol. The third-order valence-electron chi connectivity index (χ3n) is 6.09. The summed E-state index contributed by atoms with van der Waals surface area (Å²) in [7, 11) is 0. The minimum absolute atomic E-state index is 0.0798. The van der Waals surface area contributed by atoms with Crippen LogP contribution in [0.4, 0.5) is 0 Å². The summed E-state index contributed by atoms with van der Waals surface area (Å²) in [6.07, 6.45) is 11.0. The van der Waals surface area contributed by atoms with Gasteiger partial charge < -0.3 is 10.0 Å². The molecule has 1 amide bonds. The molecule has 2 aliphatic rings. The highest BCUT2D eigenvalue weighted by Crippen LogP contribution is 2.34. The Morgan fingerprint density at radius 2 is 1.93 bits per heavy atom. The third-order valence-corrected chi connectivity index (χ3v) is 6.09. The van der Waals surface area contributed by atoms with Crippen LogP contribution in [0.3, 0.4) is 0 Å². The number of carbonyl (C=O) groups is 1. The maximum atomic E-state index is 12.8. The number of likely N-dealkylation sites (tertiary alicyclic amines) is 1. The van der Waals surface area contributed by atoms with Crippen LogP contribution in [0.25, 0.3) is 11.1 Å². The third kappa shape index (κ3) is 4.22. The zero-order valence-corrected chi connectivity index (χ0v) is 16.5. The molecule has 1 saturated carbocycles. The molecule has 2 aromatic heterocycles. The SMILES string of the molecule is Cc1cc(-c2cncnc2)cc(C2CCN(C(=O)CC3(O)CCCCC3)C2)n1. The molecule has 3 heterocycles. The highest BCUT2D eigenvalue weighted by atomic mass is 16.3. The van der Waals surface area contributed by atoms with Gasteiger partial charge in [-0.2, -0.15) is 0 Å². The van der Waals surface area contributed by atoms with E-state index in [4.69, 9.17) is 4.98 Å². The molecule has 28 heavy (non-hydrogen) atoms. The Bertz CT molecular complexity index is 834. The lowest BCUT2D eigenvalue weighted by Crippen LogP contribution is -2.39. The number of hydrogen-bond donors (Lipinski definition) is 1. The number of hydrogen-bond acceptors (Lipinski definition) is 5. The fraction of sp³-hybridized carbons (Fsp3) is 0.545. The maximum absolute atomic E-state index is 12.8. The summed E-state index contributed by atoms with van der Waals surface area (Å²) in [4.78, 5) is 27.6. The molecular formula is C22H28N4O2. The molecule has 2 fully saturated rings. The summed E-state index contributed by atoms with van der Waals surface area (Å²) in [6.45, 7) is 3.41. The summed E-state index contributed by atoms with van der Waals surface area (Å²) < 4.78 is 0. The van der Waals surface area contributed by atoms with Gasteiger partial charge in [0.25, 0.3) is 0 Å². The van der Waals surface area contributed by atoms with Gasteiger partial charge in [0.2, 0.25) is 5.91 Å². The molecule has 0 radical (unpaired) electrons. The van der Waals surface area contributed by atoms with Crippen LogP contribution < -0.4 is 0 Å². The van der Waals surface area contributed by atoms with Crippen molar-refractivity contribution in [3.05, 3.63) is 42.2 Å². The molecule has 6 nitrogen and oxygen atoms in total. The molecule has 6 heteroatoms. The Hall–Kier alpha value is -2.34. The van der Waals surface area contributed by atoms with Crippen LogP contribution in [-0.2, 0) is 4.79 Å². The number of aliphatic hydroxyl groups is 1. The standard InChI is InChI=1S/C22H28N4O2/c1-16-9-18(19-12-23-15-24-13-19)10-20(25-16)17-5-8-26(14-17)21(27)11-22(28)6-3-2-4-7-22/h9-10,12-13,15,17,28H,2-8,11,14H2,1H3. The highest BCUT2D eigenvalue weighted by Gasteiger charge is 2.36. The van der Waals surface area contributed by atoms with Crippen molar-refractivity contribution in [3.8, 4) is 11.1 Å². The second-order valence-electron chi connectivity index (χ2n) is 8.34. The van der Waals surface area contributed by atoms with Gasteiger partial charge in [-0.05, 0) is 43.9 Å². The predicted octanol–water partition coefficient (Wildman–Crippen LogP) is 3.25. The van der Waals surface area contributed by atoms with E-state index in [0.717, 1.165) is 67.6 Å². The van der Waals surface area contributed by atoms with Crippen molar-refractivity contribution in [2.75, 3.05) is 13.1 Å². The first-order chi connectivity index (χ1) is 13.5. The molecule has 1 aliphatic carbocycles. The summed E-state index contributed by atoms with van der Waals surface area (Å²) in [6, 6.07) is 4.14. The average Bonchev–Trinajstić information content (AvgIpc) is 3.19. The number of nitrogens with zero attached hydrogens (tertiary/aromatic N) is 4. The van der Waals surface area contributed by atoms with E-state index in [1.54, 1.807) is 12.4 Å². The Morgan fingerprint density at radius 1 is 1.18 bits per heavy atom. The molecular weight excluding hydrogens is 352 g/mol. The minimum Gasteiger partial charge on any atom is -0.389 e. The van der Waals surface area contributed by atoms with Crippen molar-refractivity contribution in [1.29, 1.82) is 0 Å². The van der Waals surface area contributed by atoms with Crippen LogP contribution >= 0.6 is 0 Å². The van der Waals surface area contributed by atoms with Crippen LogP contribution in [-0.4, -0.2) is 49.6 Å². The van der Waals surface area contributed by atoms with Gasteiger partial charge in [-0.25, -0.2) is 9.97 Å². The van der Waals surface area contributed by atoms with Crippen LogP contribution in [0, 0.1) is 6.92 Å². The maximum Gasteiger partial charge on any atom is 0.225 e. The largest absolute Gasteiger partial charge is 0.389 e. The van der Waals surface area contributed by atoms with Gasteiger partial charge in [-0.15, -0.1) is 0 Å². The highest BCUT2D eigenvalue weighted by molar-refractivity contribution is 5.77. The van der Waals surface area contributed by atoms with Crippen molar-refractivity contribution >= 4 is 5.91 Å². The van der Waals surface area contributed by atoms with Crippen molar-refractivity contribution in [2.24, 2.45) is 0 Å². The molecule has 1 N–H and O–H groups in total. The van der Waals surface area contributed by atoms with E-state index in [1.807, 2.05) is 17.9 Å². The number of carbonyl (C=O) groups excluding carboxylic acids is 1. The fourth-order valence-electron chi connectivity index (χ4n) is 4.53. The topological polar surface area (TPSA) is 79.2 Å². The first kappa shape index (κ1) is 19.0. The zero-order chi connectivity index (χ0) is 19.6. The average molecular weight is 380 g/mol. The molecule has 148 valence electrons. The molecule has 0 spiro atoms. The second-order valence-corrected chi connectivity index (χ2v) is 8.34. The van der Waals surface area contributed by atoms with Crippen molar-refractivity contribution in [3.63, 3.8) is 0 Å². The lowest BCUT2D eigenvalue weighted by atomic mass is 9.82. The quantitative estimate of drug-likeness (QED) is 0.881. The number of aromatic nitrogens is 3. The normalized spacial score (nSPS) is 21.6. The smallest absolute Gasteiger partial charge is 0.225 e. The van der Waals surface area contributed by atoms with Crippen LogP contribution in [0.5, 0.6) is 0 Å². The lowest BCUT2D eigenvalue weighted by Gasteiger charge is -2.32. The van der Waals surface area contributed by atoms with E-state index >= 15 is 0 Å². The predicted molar refractivity (Wildman–Crippen MR) is 107 cm³/mol. The summed E-state index contributed by atoms with van der Waals surface area (Å²) >= 11 is 0. The summed E-state index contributed by atoms with van der Waals surface area (Å²) in [5.41, 5.74) is 3.21. The van der Waals surface area contributed by atoms with E-state index in [2.05, 4.69) is 16.0 Å². The van der Waals surface area contributed by atoms with Gasteiger partial charge in [-0.3, -0.25) is 9.78 Å². The van der Waals surface area contributed by atoms with Gasteiger partial charge in [0, 0.05) is 48.4 Å². The van der Waals surface area contributed by atoms with Crippen LogP contribution in [0.15, 0.2) is 30.9 Å². The van der Waals surface area contributed by atoms with Crippen LogP contribution in [0.1, 0.15) is 62.3 Å². The second kappa shape index (κ2) is 7.95. The molecule has 0 aromatic carbocycles. The Kier molecular flexibility index (Phi) is 5.40. The van der Waals surface area contributed by atoms with Gasteiger partial charge in [0.1, 0.15) is 6.33 Å². The molecule has 2 aromatic rings. The van der Waals surface area contributed by atoms with Crippen molar-refractivity contribution < 1.29 is 9.90 Å². The Morgan fingerprint density at radius 3 is 2.68 bits per heavy atom. The van der Waals surface area contributed by atoms with Gasteiger partial charge in [0.15, 0.2) is 0 Å². The van der Waals surface area contributed by atoms with Crippen molar-refractivity contribution in [2.45, 2.75) is 63.4 Å². The van der Waals surface area contributed by atoms with E-state index in [0.29, 0.717) is 6.54 Å². The molecule has 1 saturated heterocycles. The Labute approximate surface area is 166 Å². The van der Waals surface area contributed by atoms with Gasteiger partial charge in [-0.1, -0.05) is 19.3 Å². The minimum atomic E-state index is -0.796. The lowest BCUT2D eigenvalue weighted by molar-refractivity contribution is -0.136. The molecule has 1 unspecified atom stereocenters. The van der Waals surface area contributed by atoms with E-state index in [9.17, 15) is 9.90 Å². The van der Waals surface area contributed by atoms with E-state index in [-0.39, 0.29) is 18.2 Å². The fourth-order valence-corrected chi connectivity index (χ4v) is 4.53. The van der Waals surface area contributed by atoms with E-state index < -0.39 is 5.60 Å². The van der Waals surface area contributed by atoms with Crippen LogP contribution in [0.2, 0.25) is 0 Å². The van der Waals surface area contributed by atoms with Gasteiger partial charge in [0.05, 0.1) is 12.0 Å².